The summed E-state index contributed by atoms with van der Waals surface area (Å²) in [5.74, 6) is 0. The Morgan fingerprint density at radius 1 is 0.778 bits per heavy atom. The number of rotatable bonds is 2. The highest BCUT2D eigenvalue weighted by Crippen LogP contribution is 2.26. The van der Waals surface area contributed by atoms with Crippen molar-refractivity contribution in [1.29, 1.82) is 0 Å². The van der Waals surface area contributed by atoms with E-state index in [1.54, 1.807) is 0 Å². The molecular formula is C16H13ClN+. The number of pyridine rings is 1. The molecule has 2 heteroatoms. The van der Waals surface area contributed by atoms with Gasteiger partial charge in [-0.05, 0) is 22.4 Å². The molecule has 1 aromatic heterocycles. The zero-order valence-electron chi connectivity index (χ0n) is 9.83. The molecule has 0 saturated heterocycles. The molecule has 0 bridgehead atoms. The molecule has 1 nitrogen and oxygen atoms in total. The minimum Gasteiger partial charge on any atom is -0.184 e. The van der Waals surface area contributed by atoms with E-state index in [4.69, 9.17) is 11.6 Å². The number of nitrogens with zero attached hydrogens (tertiary/aromatic N) is 1. The van der Waals surface area contributed by atoms with E-state index in [9.17, 15) is 0 Å². The zero-order valence-corrected chi connectivity index (χ0v) is 10.6. The highest BCUT2D eigenvalue weighted by molar-refractivity contribution is 6.20. The Bertz CT molecular complexity index is 659. The van der Waals surface area contributed by atoms with Gasteiger partial charge in [0, 0.05) is 17.7 Å². The summed E-state index contributed by atoms with van der Waals surface area (Å²) in [7, 11) is 0. The maximum Gasteiger partial charge on any atom is 0.258 e. The van der Waals surface area contributed by atoms with E-state index in [0.29, 0.717) is 0 Å². The lowest BCUT2D eigenvalue weighted by atomic mass is 10.0. The van der Waals surface area contributed by atoms with E-state index in [-0.39, 0.29) is 5.50 Å². The molecule has 0 radical (unpaired) electrons. The Balaban J connectivity index is 2.15. The summed E-state index contributed by atoms with van der Waals surface area (Å²) < 4.78 is 2.00. The first-order valence-electron chi connectivity index (χ1n) is 5.94. The van der Waals surface area contributed by atoms with Gasteiger partial charge in [-0.25, -0.2) is 0 Å². The normalized spacial score (nSPS) is 12.5. The number of alkyl halides is 1. The lowest BCUT2D eigenvalue weighted by Crippen LogP contribution is -2.35. The minimum absolute atomic E-state index is 0.183. The molecular weight excluding hydrogens is 242 g/mol. The van der Waals surface area contributed by atoms with Crippen LogP contribution in [0.5, 0.6) is 0 Å². The van der Waals surface area contributed by atoms with Gasteiger partial charge in [0.25, 0.3) is 5.50 Å². The molecule has 0 amide bonds. The first-order valence-corrected chi connectivity index (χ1v) is 6.37. The van der Waals surface area contributed by atoms with Crippen LogP contribution in [0.25, 0.3) is 10.8 Å². The van der Waals surface area contributed by atoms with Crippen LogP contribution in [0.3, 0.4) is 0 Å². The lowest BCUT2D eigenvalue weighted by molar-refractivity contribution is -0.693. The average Bonchev–Trinajstić information content (AvgIpc) is 2.47. The molecule has 18 heavy (non-hydrogen) atoms. The second-order valence-corrected chi connectivity index (χ2v) is 4.64. The Kier molecular flexibility index (Phi) is 2.99. The molecule has 1 unspecified atom stereocenters. The lowest BCUT2D eigenvalue weighted by Gasteiger charge is -2.08. The van der Waals surface area contributed by atoms with Crippen LogP contribution in [0.1, 0.15) is 11.1 Å². The van der Waals surface area contributed by atoms with Crippen LogP contribution in [0.4, 0.5) is 0 Å². The largest absolute Gasteiger partial charge is 0.258 e. The molecule has 88 valence electrons. The third-order valence-electron chi connectivity index (χ3n) is 3.08. The molecule has 2 aromatic carbocycles. The standard InChI is InChI=1S/C16H13ClN/c17-16(18-11-4-1-5-12-18)15-10-6-8-13-7-2-3-9-14(13)15/h1-12,16H/q+1. The number of halogens is 1. The smallest absolute Gasteiger partial charge is 0.184 e. The summed E-state index contributed by atoms with van der Waals surface area (Å²) in [4.78, 5) is 0. The molecule has 0 saturated carbocycles. The molecule has 0 N–H and O–H groups in total. The Morgan fingerprint density at radius 2 is 1.50 bits per heavy atom. The SMILES string of the molecule is ClC(c1cccc2ccccc12)[n+]1ccccc1. The summed E-state index contributed by atoms with van der Waals surface area (Å²) >= 11 is 6.57. The van der Waals surface area contributed by atoms with Crippen LogP contribution >= 0.6 is 11.6 Å². The summed E-state index contributed by atoms with van der Waals surface area (Å²) in [6, 6.07) is 20.5. The van der Waals surface area contributed by atoms with Crippen LogP contribution in [-0.2, 0) is 0 Å². The molecule has 1 atom stereocenters. The van der Waals surface area contributed by atoms with Crippen molar-refractivity contribution in [1.82, 2.24) is 0 Å². The number of hydrogen-bond acceptors (Lipinski definition) is 0. The molecule has 0 fully saturated rings. The van der Waals surface area contributed by atoms with E-state index in [1.165, 1.54) is 10.8 Å². The quantitative estimate of drug-likeness (QED) is 0.482. The fourth-order valence-corrected chi connectivity index (χ4v) is 2.50. The third-order valence-corrected chi connectivity index (χ3v) is 3.54. The molecule has 1 heterocycles. The number of fused-ring (bicyclic) bond motifs is 1. The van der Waals surface area contributed by atoms with Crippen molar-refractivity contribution in [2.75, 3.05) is 0 Å². The Labute approximate surface area is 111 Å². The van der Waals surface area contributed by atoms with Gasteiger partial charge in [0.2, 0.25) is 0 Å². The fourth-order valence-electron chi connectivity index (χ4n) is 2.18. The van der Waals surface area contributed by atoms with Gasteiger partial charge in [-0.3, -0.25) is 0 Å². The van der Waals surface area contributed by atoms with Gasteiger partial charge >= 0.3 is 0 Å². The second-order valence-electron chi connectivity index (χ2n) is 4.23. The average molecular weight is 255 g/mol. The van der Waals surface area contributed by atoms with Gasteiger partial charge in [0.05, 0.1) is 0 Å². The Hall–Kier alpha value is -1.86. The van der Waals surface area contributed by atoms with Crippen LogP contribution in [0, 0.1) is 0 Å². The van der Waals surface area contributed by atoms with Crippen molar-refractivity contribution in [3.63, 3.8) is 0 Å². The molecule has 0 aliphatic carbocycles. The van der Waals surface area contributed by atoms with Gasteiger partial charge in [-0.15, -0.1) is 0 Å². The number of aromatic nitrogens is 1. The monoisotopic (exact) mass is 254 g/mol. The highest BCUT2D eigenvalue weighted by Gasteiger charge is 2.18. The van der Waals surface area contributed by atoms with Gasteiger partial charge in [-0.2, -0.15) is 4.57 Å². The van der Waals surface area contributed by atoms with E-state index in [0.717, 1.165) is 5.56 Å². The van der Waals surface area contributed by atoms with Gasteiger partial charge in [-0.1, -0.05) is 48.5 Å². The van der Waals surface area contributed by atoms with Crippen molar-refractivity contribution in [3.05, 3.63) is 78.6 Å². The second kappa shape index (κ2) is 4.79. The van der Waals surface area contributed by atoms with Gasteiger partial charge < -0.3 is 0 Å². The van der Waals surface area contributed by atoms with Crippen molar-refractivity contribution in [2.45, 2.75) is 5.50 Å². The zero-order chi connectivity index (χ0) is 12.4. The predicted octanol–water partition coefficient (Wildman–Crippen LogP) is 3.91. The maximum atomic E-state index is 6.57. The van der Waals surface area contributed by atoms with Crippen LogP contribution in [-0.4, -0.2) is 0 Å². The topological polar surface area (TPSA) is 3.88 Å². The van der Waals surface area contributed by atoms with Crippen LogP contribution < -0.4 is 4.57 Å². The molecule has 0 aliphatic heterocycles. The molecule has 3 rings (SSSR count). The summed E-state index contributed by atoms with van der Waals surface area (Å²) in [5, 5.41) is 2.42. The van der Waals surface area contributed by atoms with Gasteiger partial charge in [0.1, 0.15) is 0 Å². The number of benzene rings is 2. The fraction of sp³-hybridized carbons (Fsp3) is 0.0625. The van der Waals surface area contributed by atoms with Crippen molar-refractivity contribution >= 4 is 22.4 Å². The minimum atomic E-state index is -0.183. The molecule has 0 spiro atoms. The first kappa shape index (κ1) is 11.2. The molecule has 3 aromatic rings. The van der Waals surface area contributed by atoms with Crippen LogP contribution in [0.2, 0.25) is 0 Å². The molecule has 0 aliphatic rings. The first-order chi connectivity index (χ1) is 8.86. The third kappa shape index (κ3) is 1.98. The van der Waals surface area contributed by atoms with E-state index >= 15 is 0 Å². The number of hydrogen-bond donors (Lipinski definition) is 0. The van der Waals surface area contributed by atoms with Gasteiger partial charge in [0.15, 0.2) is 12.4 Å². The summed E-state index contributed by atoms with van der Waals surface area (Å²) in [6.45, 7) is 0. The van der Waals surface area contributed by atoms with E-state index in [2.05, 4.69) is 30.3 Å². The summed E-state index contributed by atoms with van der Waals surface area (Å²) in [6.07, 6.45) is 3.97. The summed E-state index contributed by atoms with van der Waals surface area (Å²) in [5.41, 5.74) is 0.947. The maximum absolute atomic E-state index is 6.57. The van der Waals surface area contributed by atoms with E-state index < -0.39 is 0 Å². The van der Waals surface area contributed by atoms with Crippen molar-refractivity contribution in [2.24, 2.45) is 0 Å². The van der Waals surface area contributed by atoms with Crippen molar-refractivity contribution < 1.29 is 4.57 Å². The van der Waals surface area contributed by atoms with Crippen LogP contribution in [0.15, 0.2) is 73.1 Å². The highest BCUT2D eigenvalue weighted by atomic mass is 35.5. The van der Waals surface area contributed by atoms with E-state index in [1.807, 2.05) is 47.3 Å². The van der Waals surface area contributed by atoms with Crippen molar-refractivity contribution in [3.8, 4) is 0 Å². The predicted molar refractivity (Wildman–Crippen MR) is 74.6 cm³/mol. The Morgan fingerprint density at radius 3 is 2.33 bits per heavy atom.